The Bertz CT molecular complexity index is 608. The first-order valence-corrected chi connectivity index (χ1v) is 8.71. The lowest BCUT2D eigenvalue weighted by Gasteiger charge is -2.15. The number of methoxy groups -OCH3 is 1. The maximum atomic E-state index is 5.52. The summed E-state index contributed by atoms with van der Waals surface area (Å²) in [5, 5.41) is 3.47. The van der Waals surface area contributed by atoms with Gasteiger partial charge in [-0.1, -0.05) is 20.3 Å². The average molecular weight is 331 g/mol. The van der Waals surface area contributed by atoms with Crippen LogP contribution in [0.1, 0.15) is 27.2 Å². The molecule has 1 atom stereocenters. The second-order valence-electron chi connectivity index (χ2n) is 5.96. The van der Waals surface area contributed by atoms with E-state index in [2.05, 4.69) is 40.8 Å². The highest BCUT2D eigenvalue weighted by molar-refractivity contribution is 5.62. The summed E-state index contributed by atoms with van der Waals surface area (Å²) < 4.78 is 13.0. The van der Waals surface area contributed by atoms with Crippen LogP contribution in [0, 0.1) is 5.92 Å². The van der Waals surface area contributed by atoms with Gasteiger partial charge in [-0.15, -0.1) is 0 Å². The minimum atomic E-state index is 0.617. The van der Waals surface area contributed by atoms with Gasteiger partial charge >= 0.3 is 0 Å². The highest BCUT2D eigenvalue weighted by Gasteiger charge is 2.12. The molecule has 0 radical (unpaired) electrons. The van der Waals surface area contributed by atoms with Gasteiger partial charge in [0.05, 0.1) is 25.1 Å². The number of imidazole rings is 1. The van der Waals surface area contributed by atoms with Gasteiger partial charge in [-0.2, -0.15) is 0 Å². The van der Waals surface area contributed by atoms with Gasteiger partial charge in [-0.25, -0.2) is 4.98 Å². The molecule has 0 saturated carbocycles. The summed E-state index contributed by atoms with van der Waals surface area (Å²) in [6, 6.07) is 8.14. The topological polar surface area (TPSA) is 48.3 Å². The third-order valence-electron chi connectivity index (χ3n) is 4.14. The van der Waals surface area contributed by atoms with E-state index in [-0.39, 0.29) is 0 Å². The Morgan fingerprint density at radius 3 is 2.58 bits per heavy atom. The van der Waals surface area contributed by atoms with Crippen LogP contribution in [0.4, 0.5) is 5.95 Å². The Hall–Kier alpha value is -2.01. The van der Waals surface area contributed by atoms with Crippen LogP contribution < -0.4 is 10.1 Å². The highest BCUT2D eigenvalue weighted by Crippen LogP contribution is 2.25. The van der Waals surface area contributed by atoms with Gasteiger partial charge in [0.15, 0.2) is 0 Å². The predicted octanol–water partition coefficient (Wildman–Crippen LogP) is 4.05. The standard InChI is InChI=1S/C19H29N3O2/c1-5-15(3)13-20-19-21-14-18(22(19)11-12-23-4)16-7-9-17(10-8-16)24-6-2/h7-10,14-15H,5-6,11-13H2,1-4H3,(H,20,21). The molecule has 1 N–H and O–H groups in total. The number of hydrogen-bond donors (Lipinski definition) is 1. The van der Waals surface area contributed by atoms with Crippen molar-refractivity contribution in [1.82, 2.24) is 9.55 Å². The number of anilines is 1. The van der Waals surface area contributed by atoms with Crippen LogP contribution in [0.25, 0.3) is 11.3 Å². The molecule has 0 aliphatic rings. The summed E-state index contributed by atoms with van der Waals surface area (Å²) in [7, 11) is 1.72. The predicted molar refractivity (Wildman–Crippen MR) is 98.7 cm³/mol. The molecule has 5 heteroatoms. The lowest BCUT2D eigenvalue weighted by atomic mass is 10.1. The van der Waals surface area contributed by atoms with E-state index in [1.54, 1.807) is 7.11 Å². The first-order valence-electron chi connectivity index (χ1n) is 8.71. The Kier molecular flexibility index (Phi) is 7.12. The molecular weight excluding hydrogens is 302 g/mol. The monoisotopic (exact) mass is 331 g/mol. The van der Waals surface area contributed by atoms with Crippen molar-refractivity contribution in [3.8, 4) is 17.0 Å². The summed E-state index contributed by atoms with van der Waals surface area (Å²) in [6.07, 6.45) is 3.07. The molecule has 0 aliphatic heterocycles. The maximum absolute atomic E-state index is 5.52. The number of nitrogens with zero attached hydrogens (tertiary/aromatic N) is 2. The van der Waals surface area contributed by atoms with Crippen LogP contribution >= 0.6 is 0 Å². The molecule has 0 fully saturated rings. The van der Waals surface area contributed by atoms with Gasteiger partial charge in [-0.05, 0) is 37.1 Å². The molecule has 0 bridgehead atoms. The second-order valence-corrected chi connectivity index (χ2v) is 5.96. The molecule has 2 aromatic rings. The Labute approximate surface area is 145 Å². The van der Waals surface area contributed by atoms with E-state index in [4.69, 9.17) is 9.47 Å². The third-order valence-corrected chi connectivity index (χ3v) is 4.14. The maximum Gasteiger partial charge on any atom is 0.203 e. The summed E-state index contributed by atoms with van der Waals surface area (Å²) in [5.74, 6) is 2.40. The Balaban J connectivity index is 2.22. The molecule has 5 nitrogen and oxygen atoms in total. The molecular formula is C19H29N3O2. The van der Waals surface area contributed by atoms with Gasteiger partial charge in [0, 0.05) is 25.8 Å². The second kappa shape index (κ2) is 9.33. The van der Waals surface area contributed by atoms with Crippen molar-refractivity contribution in [2.45, 2.75) is 33.7 Å². The first kappa shape index (κ1) is 18.3. The smallest absolute Gasteiger partial charge is 0.203 e. The normalized spacial score (nSPS) is 12.2. The van der Waals surface area contributed by atoms with Crippen molar-refractivity contribution in [2.24, 2.45) is 5.92 Å². The van der Waals surface area contributed by atoms with Crippen molar-refractivity contribution < 1.29 is 9.47 Å². The van der Waals surface area contributed by atoms with Gasteiger partial charge in [-0.3, -0.25) is 0 Å². The summed E-state index contributed by atoms with van der Waals surface area (Å²) in [5.41, 5.74) is 2.21. The van der Waals surface area contributed by atoms with Crippen molar-refractivity contribution in [2.75, 3.05) is 32.2 Å². The fraction of sp³-hybridized carbons (Fsp3) is 0.526. The number of benzene rings is 1. The lowest BCUT2D eigenvalue weighted by Crippen LogP contribution is -2.16. The zero-order valence-electron chi connectivity index (χ0n) is 15.2. The van der Waals surface area contributed by atoms with Crippen LogP contribution in [0.15, 0.2) is 30.5 Å². The van der Waals surface area contributed by atoms with E-state index >= 15 is 0 Å². The highest BCUT2D eigenvalue weighted by atomic mass is 16.5. The Morgan fingerprint density at radius 2 is 1.96 bits per heavy atom. The minimum absolute atomic E-state index is 0.617. The quantitative estimate of drug-likeness (QED) is 0.713. The van der Waals surface area contributed by atoms with E-state index in [1.165, 1.54) is 0 Å². The van der Waals surface area contributed by atoms with E-state index in [1.807, 2.05) is 25.3 Å². The van der Waals surface area contributed by atoms with E-state index in [0.717, 1.165) is 42.5 Å². The molecule has 1 aromatic carbocycles. The van der Waals surface area contributed by atoms with Crippen LogP contribution in [-0.2, 0) is 11.3 Å². The fourth-order valence-electron chi connectivity index (χ4n) is 2.45. The lowest BCUT2D eigenvalue weighted by molar-refractivity contribution is 0.188. The average Bonchev–Trinajstić information content (AvgIpc) is 3.01. The summed E-state index contributed by atoms with van der Waals surface area (Å²) in [4.78, 5) is 4.58. The summed E-state index contributed by atoms with van der Waals surface area (Å²) >= 11 is 0. The molecule has 0 saturated heterocycles. The van der Waals surface area contributed by atoms with E-state index < -0.39 is 0 Å². The fourth-order valence-corrected chi connectivity index (χ4v) is 2.45. The Morgan fingerprint density at radius 1 is 1.21 bits per heavy atom. The largest absolute Gasteiger partial charge is 0.494 e. The molecule has 1 unspecified atom stereocenters. The number of hydrogen-bond acceptors (Lipinski definition) is 4. The van der Waals surface area contributed by atoms with Crippen molar-refractivity contribution in [3.63, 3.8) is 0 Å². The molecule has 0 amide bonds. The molecule has 0 spiro atoms. The van der Waals surface area contributed by atoms with Gasteiger partial charge < -0.3 is 19.4 Å². The molecule has 2 rings (SSSR count). The van der Waals surface area contributed by atoms with Crippen LogP contribution in [0.3, 0.4) is 0 Å². The van der Waals surface area contributed by atoms with Crippen molar-refractivity contribution in [3.05, 3.63) is 30.5 Å². The number of aromatic nitrogens is 2. The van der Waals surface area contributed by atoms with Crippen molar-refractivity contribution in [1.29, 1.82) is 0 Å². The minimum Gasteiger partial charge on any atom is -0.494 e. The molecule has 1 aromatic heterocycles. The molecule has 1 heterocycles. The molecule has 24 heavy (non-hydrogen) atoms. The van der Waals surface area contributed by atoms with E-state index in [9.17, 15) is 0 Å². The SMILES string of the molecule is CCOc1ccc(-c2cnc(NCC(C)CC)n2CCOC)cc1. The van der Waals surface area contributed by atoms with Gasteiger partial charge in [0.2, 0.25) is 5.95 Å². The zero-order valence-corrected chi connectivity index (χ0v) is 15.2. The first-order chi connectivity index (χ1) is 11.7. The number of ether oxygens (including phenoxy) is 2. The molecule has 0 aliphatic carbocycles. The van der Waals surface area contributed by atoms with Crippen LogP contribution in [-0.4, -0.2) is 36.4 Å². The number of rotatable bonds is 10. The van der Waals surface area contributed by atoms with E-state index in [0.29, 0.717) is 19.1 Å². The summed E-state index contributed by atoms with van der Waals surface area (Å²) in [6.45, 7) is 9.44. The van der Waals surface area contributed by atoms with Crippen molar-refractivity contribution >= 4 is 5.95 Å². The zero-order chi connectivity index (χ0) is 17.4. The van der Waals surface area contributed by atoms with Crippen LogP contribution in [0.2, 0.25) is 0 Å². The number of nitrogens with one attached hydrogen (secondary N) is 1. The van der Waals surface area contributed by atoms with Crippen LogP contribution in [0.5, 0.6) is 5.75 Å². The van der Waals surface area contributed by atoms with Gasteiger partial charge in [0.1, 0.15) is 5.75 Å². The third kappa shape index (κ3) is 4.74. The van der Waals surface area contributed by atoms with Gasteiger partial charge in [0.25, 0.3) is 0 Å². The molecule has 132 valence electrons.